The summed E-state index contributed by atoms with van der Waals surface area (Å²) in [6.07, 6.45) is 1.27. The number of thioether (sulfide) groups is 1. The fourth-order valence-corrected chi connectivity index (χ4v) is 5.33. The maximum Gasteiger partial charge on any atom is 0.243 e. The summed E-state index contributed by atoms with van der Waals surface area (Å²) in [5.41, 5.74) is 4.05. The molecule has 0 aliphatic heterocycles. The Bertz CT molecular complexity index is 1160. The minimum atomic E-state index is -0.620. The van der Waals surface area contributed by atoms with Crippen LogP contribution >= 0.6 is 35.0 Å². The highest BCUT2D eigenvalue weighted by atomic mass is 35.5. The van der Waals surface area contributed by atoms with Crippen LogP contribution in [0.15, 0.2) is 72.8 Å². The highest BCUT2D eigenvalue weighted by molar-refractivity contribution is 7.99. The van der Waals surface area contributed by atoms with Crippen molar-refractivity contribution in [3.63, 3.8) is 0 Å². The lowest BCUT2D eigenvalue weighted by Gasteiger charge is -2.32. The van der Waals surface area contributed by atoms with Gasteiger partial charge in [0.2, 0.25) is 11.8 Å². The highest BCUT2D eigenvalue weighted by Crippen LogP contribution is 2.25. The Morgan fingerprint density at radius 3 is 2.39 bits per heavy atom. The zero-order chi connectivity index (χ0) is 25.9. The number of benzene rings is 3. The Morgan fingerprint density at radius 1 is 0.972 bits per heavy atom. The second-order valence-corrected chi connectivity index (χ2v) is 10.5. The molecular formula is C29H32Cl2N2O2S. The average Bonchev–Trinajstić information content (AvgIpc) is 2.87. The number of aryl methyl sites for hydroxylation is 1. The summed E-state index contributed by atoms with van der Waals surface area (Å²) in [7, 11) is 0. The number of nitrogens with zero attached hydrogens (tertiary/aromatic N) is 1. The van der Waals surface area contributed by atoms with Gasteiger partial charge >= 0.3 is 0 Å². The van der Waals surface area contributed by atoms with E-state index in [-0.39, 0.29) is 17.6 Å². The van der Waals surface area contributed by atoms with E-state index in [0.717, 1.165) is 28.7 Å². The largest absolute Gasteiger partial charge is 0.354 e. The van der Waals surface area contributed by atoms with Gasteiger partial charge in [-0.2, -0.15) is 0 Å². The lowest BCUT2D eigenvalue weighted by atomic mass is 10.0. The molecule has 0 spiro atoms. The fraction of sp³-hybridized carbons (Fsp3) is 0.310. The Morgan fingerprint density at radius 2 is 1.69 bits per heavy atom. The van der Waals surface area contributed by atoms with Crippen molar-refractivity contribution in [2.45, 2.75) is 45.0 Å². The molecule has 190 valence electrons. The Labute approximate surface area is 228 Å². The van der Waals surface area contributed by atoms with Crippen LogP contribution in [-0.2, 0) is 28.3 Å². The van der Waals surface area contributed by atoms with E-state index in [1.807, 2.05) is 74.5 Å². The van der Waals surface area contributed by atoms with E-state index >= 15 is 0 Å². The molecule has 0 fully saturated rings. The molecule has 36 heavy (non-hydrogen) atoms. The smallest absolute Gasteiger partial charge is 0.243 e. The summed E-state index contributed by atoms with van der Waals surface area (Å²) in [5.74, 6) is 0.594. The van der Waals surface area contributed by atoms with Crippen molar-refractivity contribution in [1.29, 1.82) is 0 Å². The zero-order valence-electron chi connectivity index (χ0n) is 20.7. The monoisotopic (exact) mass is 542 g/mol. The first kappa shape index (κ1) is 28.1. The first-order chi connectivity index (χ1) is 17.4. The van der Waals surface area contributed by atoms with Crippen molar-refractivity contribution in [2.24, 2.45) is 0 Å². The molecule has 3 aromatic rings. The molecular weight excluding hydrogens is 511 g/mol. The number of carbonyl (C=O) groups is 2. The van der Waals surface area contributed by atoms with Crippen molar-refractivity contribution in [3.8, 4) is 0 Å². The normalized spacial score (nSPS) is 11.7. The molecule has 7 heteroatoms. The molecule has 4 nitrogen and oxygen atoms in total. The predicted molar refractivity (Wildman–Crippen MR) is 152 cm³/mol. The zero-order valence-corrected chi connectivity index (χ0v) is 23.0. The highest BCUT2D eigenvalue weighted by Gasteiger charge is 2.30. The summed E-state index contributed by atoms with van der Waals surface area (Å²) in [6, 6.07) is 22.6. The Hall–Kier alpha value is -2.47. The number of rotatable bonds is 12. The predicted octanol–water partition coefficient (Wildman–Crippen LogP) is 6.70. The van der Waals surface area contributed by atoms with Gasteiger partial charge in [-0.15, -0.1) is 11.8 Å². The van der Waals surface area contributed by atoms with Gasteiger partial charge in [0.05, 0.1) is 5.75 Å². The quantitative estimate of drug-likeness (QED) is 0.277. The van der Waals surface area contributed by atoms with E-state index < -0.39 is 6.04 Å². The molecule has 3 rings (SSSR count). The number of hydrogen-bond acceptors (Lipinski definition) is 3. The van der Waals surface area contributed by atoms with E-state index in [0.29, 0.717) is 35.3 Å². The minimum Gasteiger partial charge on any atom is -0.354 e. The van der Waals surface area contributed by atoms with Crippen LogP contribution in [0.1, 0.15) is 35.6 Å². The third kappa shape index (κ3) is 8.29. The molecule has 2 amide bonds. The summed E-state index contributed by atoms with van der Waals surface area (Å²) in [5, 5.41) is 4.18. The number of hydrogen-bond donors (Lipinski definition) is 1. The van der Waals surface area contributed by atoms with Gasteiger partial charge in [0.1, 0.15) is 6.04 Å². The Kier molecular flexibility index (Phi) is 11.2. The van der Waals surface area contributed by atoms with E-state index in [9.17, 15) is 9.59 Å². The summed E-state index contributed by atoms with van der Waals surface area (Å²) >= 11 is 13.8. The van der Waals surface area contributed by atoms with Gasteiger partial charge in [-0.05, 0) is 47.7 Å². The van der Waals surface area contributed by atoms with Crippen molar-refractivity contribution in [1.82, 2.24) is 10.2 Å². The molecule has 3 aromatic carbocycles. The van der Waals surface area contributed by atoms with Gasteiger partial charge < -0.3 is 10.2 Å². The second-order valence-electron chi connectivity index (χ2n) is 8.67. The van der Waals surface area contributed by atoms with Crippen LogP contribution in [-0.4, -0.2) is 35.1 Å². The van der Waals surface area contributed by atoms with Crippen molar-refractivity contribution in [3.05, 3.63) is 105 Å². The van der Waals surface area contributed by atoms with Crippen molar-refractivity contribution >= 4 is 46.8 Å². The third-order valence-corrected chi connectivity index (χ3v) is 7.47. The summed E-state index contributed by atoms with van der Waals surface area (Å²) in [4.78, 5) is 28.8. The number of carbonyl (C=O) groups excluding carboxylic acids is 2. The molecule has 0 saturated carbocycles. The van der Waals surface area contributed by atoms with Crippen LogP contribution < -0.4 is 5.32 Å². The van der Waals surface area contributed by atoms with E-state index in [1.165, 1.54) is 11.8 Å². The molecule has 0 aliphatic carbocycles. The molecule has 0 aliphatic rings. The first-order valence-corrected chi connectivity index (χ1v) is 14.0. The van der Waals surface area contributed by atoms with Gasteiger partial charge in [0.15, 0.2) is 0 Å². The van der Waals surface area contributed by atoms with E-state index in [4.69, 9.17) is 23.2 Å². The summed E-state index contributed by atoms with van der Waals surface area (Å²) < 4.78 is 0. The minimum absolute atomic E-state index is 0.0825. The molecule has 0 heterocycles. The van der Waals surface area contributed by atoms with Gasteiger partial charge in [-0.1, -0.05) is 90.8 Å². The Balaban J connectivity index is 1.84. The molecule has 0 unspecified atom stereocenters. The SMILES string of the molecule is CCCNC(=O)[C@@H](Cc1ccccc1)N(Cc1ccccc1C)C(=O)CSCc1ccc(Cl)cc1Cl. The van der Waals surface area contributed by atoms with Crippen molar-refractivity contribution in [2.75, 3.05) is 12.3 Å². The summed E-state index contributed by atoms with van der Waals surface area (Å²) in [6.45, 7) is 4.98. The maximum atomic E-state index is 13.7. The molecule has 0 saturated heterocycles. The fourth-order valence-electron chi connectivity index (χ4n) is 3.86. The molecule has 0 bridgehead atoms. The van der Waals surface area contributed by atoms with Crippen LogP contribution in [0.5, 0.6) is 0 Å². The molecule has 1 atom stereocenters. The number of halogens is 2. The maximum absolute atomic E-state index is 13.7. The van der Waals surface area contributed by atoms with E-state index in [1.54, 1.807) is 17.0 Å². The van der Waals surface area contributed by atoms with Crippen molar-refractivity contribution < 1.29 is 9.59 Å². The van der Waals surface area contributed by atoms with Crippen LogP contribution in [0.3, 0.4) is 0 Å². The lowest BCUT2D eigenvalue weighted by molar-refractivity contribution is -0.139. The lowest BCUT2D eigenvalue weighted by Crippen LogP contribution is -2.51. The van der Waals surface area contributed by atoms with Gasteiger partial charge in [-0.25, -0.2) is 0 Å². The van der Waals surface area contributed by atoms with Gasteiger partial charge in [-0.3, -0.25) is 9.59 Å². The topological polar surface area (TPSA) is 49.4 Å². The van der Waals surface area contributed by atoms with Crippen LogP contribution in [0.25, 0.3) is 0 Å². The third-order valence-electron chi connectivity index (χ3n) is 5.92. The molecule has 0 radical (unpaired) electrons. The number of amides is 2. The number of nitrogens with one attached hydrogen (secondary N) is 1. The first-order valence-electron chi connectivity index (χ1n) is 12.1. The van der Waals surface area contributed by atoms with Gasteiger partial charge in [0.25, 0.3) is 0 Å². The second kappa shape index (κ2) is 14.3. The average molecular weight is 544 g/mol. The van der Waals surface area contributed by atoms with Gasteiger partial charge in [0, 0.05) is 35.3 Å². The molecule has 0 aromatic heterocycles. The molecule has 1 N–H and O–H groups in total. The standard InChI is InChI=1S/C29H32Cl2N2O2S/c1-3-15-32-29(35)27(16-22-10-5-4-6-11-22)33(18-23-12-8-7-9-21(23)2)28(34)20-36-19-24-13-14-25(30)17-26(24)31/h4-14,17,27H,3,15-16,18-20H2,1-2H3,(H,32,35)/t27-/m1/s1. The van der Waals surface area contributed by atoms with Crippen LogP contribution in [0.2, 0.25) is 10.0 Å². The van der Waals surface area contributed by atoms with Crippen LogP contribution in [0.4, 0.5) is 0 Å². The van der Waals surface area contributed by atoms with Crippen LogP contribution in [0, 0.1) is 6.92 Å². The van der Waals surface area contributed by atoms with E-state index in [2.05, 4.69) is 5.32 Å².